The van der Waals surface area contributed by atoms with Crippen molar-refractivity contribution < 1.29 is 30.3 Å². The topological polar surface area (TPSA) is 118 Å². The van der Waals surface area contributed by atoms with Crippen molar-refractivity contribution in [3.05, 3.63) is 11.6 Å². The highest BCUT2D eigenvalue weighted by Gasteiger charge is 2.73. The standard InChI is InChI=1S/C30H48O6/c1-17-9-12-30(24(34)35)14-13-27(4)18(22(30)29(17,6)36)7-8-20-25(2)11-10-21(33)26(3,16-31)23(25)19(32)15-28(20,27)5/h7,17,19-23,31-33,36H,8-16H2,1-6H3,(H,34,35)/t17?,19?,20-,21?,22-,23-,25+,26+,27+,28+,29+,30-/m0/s1. The van der Waals surface area contributed by atoms with E-state index in [9.17, 15) is 30.3 Å². The van der Waals surface area contributed by atoms with Crippen LogP contribution in [0.5, 0.6) is 0 Å². The van der Waals surface area contributed by atoms with Crippen LogP contribution in [0.1, 0.15) is 92.9 Å². The summed E-state index contributed by atoms with van der Waals surface area (Å²) in [5.41, 5.74) is -2.62. The van der Waals surface area contributed by atoms with Crippen molar-refractivity contribution in [1.82, 2.24) is 0 Å². The Bertz CT molecular complexity index is 974. The molecule has 5 rings (SSSR count). The Kier molecular flexibility index (Phi) is 5.77. The maximum atomic E-state index is 12.8. The molecule has 4 saturated carbocycles. The smallest absolute Gasteiger partial charge is 0.310 e. The molecule has 4 fully saturated rings. The fourth-order valence-electron chi connectivity index (χ4n) is 11.0. The normalized spacial score (nSPS) is 58.6. The number of aliphatic hydroxyl groups excluding tert-OH is 3. The zero-order chi connectivity index (χ0) is 26.7. The Morgan fingerprint density at radius 2 is 1.69 bits per heavy atom. The second-order valence-electron chi connectivity index (χ2n) is 14.7. The molecule has 0 aromatic carbocycles. The van der Waals surface area contributed by atoms with Gasteiger partial charge in [0.05, 0.1) is 29.8 Å². The van der Waals surface area contributed by atoms with Gasteiger partial charge < -0.3 is 25.5 Å². The van der Waals surface area contributed by atoms with Crippen LogP contribution in [0.2, 0.25) is 0 Å². The second-order valence-corrected chi connectivity index (χ2v) is 14.7. The monoisotopic (exact) mass is 504 g/mol. The summed E-state index contributed by atoms with van der Waals surface area (Å²) in [4.78, 5) is 12.8. The lowest BCUT2D eigenvalue weighted by molar-refractivity contribution is -0.255. The van der Waals surface area contributed by atoms with Crippen LogP contribution in [0.15, 0.2) is 11.6 Å². The highest BCUT2D eigenvalue weighted by Crippen LogP contribution is 2.76. The largest absolute Gasteiger partial charge is 0.481 e. The summed E-state index contributed by atoms with van der Waals surface area (Å²) in [6.07, 6.45) is 6.26. The van der Waals surface area contributed by atoms with E-state index in [-0.39, 0.29) is 40.6 Å². The van der Waals surface area contributed by atoms with Crippen molar-refractivity contribution in [3.8, 4) is 0 Å². The van der Waals surface area contributed by atoms with Gasteiger partial charge >= 0.3 is 5.97 Å². The van der Waals surface area contributed by atoms with Crippen molar-refractivity contribution >= 4 is 5.97 Å². The molecular weight excluding hydrogens is 456 g/mol. The lowest BCUT2D eigenvalue weighted by atomic mass is 9.32. The predicted octanol–water partition coefficient (Wildman–Crippen LogP) is 4.15. The summed E-state index contributed by atoms with van der Waals surface area (Å²) in [5.74, 6) is -1.21. The maximum absolute atomic E-state index is 12.8. The van der Waals surface area contributed by atoms with E-state index < -0.39 is 40.5 Å². The molecule has 0 aromatic rings. The van der Waals surface area contributed by atoms with Crippen molar-refractivity contribution in [3.63, 3.8) is 0 Å². The van der Waals surface area contributed by atoms with Gasteiger partial charge in [-0.1, -0.05) is 46.3 Å². The summed E-state index contributed by atoms with van der Waals surface area (Å²) in [5, 5.41) is 55.6. The molecule has 6 heteroatoms. The van der Waals surface area contributed by atoms with Crippen LogP contribution in [-0.2, 0) is 4.79 Å². The van der Waals surface area contributed by atoms with E-state index >= 15 is 0 Å². The Balaban J connectivity index is 1.66. The number of carboxylic acids is 1. The van der Waals surface area contributed by atoms with Gasteiger partial charge in [-0.2, -0.15) is 0 Å². The number of hydrogen-bond acceptors (Lipinski definition) is 5. The van der Waals surface area contributed by atoms with Crippen LogP contribution < -0.4 is 0 Å². The van der Waals surface area contributed by atoms with E-state index in [0.717, 1.165) is 24.8 Å². The molecule has 0 aliphatic heterocycles. The van der Waals surface area contributed by atoms with Crippen molar-refractivity contribution in [2.24, 2.45) is 50.7 Å². The molecule has 36 heavy (non-hydrogen) atoms. The van der Waals surface area contributed by atoms with E-state index in [1.54, 1.807) is 0 Å². The summed E-state index contributed by atoms with van der Waals surface area (Å²) in [6, 6.07) is 0. The molecule has 0 heterocycles. The Morgan fingerprint density at radius 3 is 2.31 bits per heavy atom. The molecular formula is C30H48O6. The Labute approximate surface area is 216 Å². The lowest BCUT2D eigenvalue weighted by Gasteiger charge is -2.72. The molecule has 5 N–H and O–H groups in total. The number of aliphatic carboxylic acids is 1. The van der Waals surface area contributed by atoms with Crippen LogP contribution in [0.3, 0.4) is 0 Å². The van der Waals surface area contributed by atoms with E-state index in [4.69, 9.17) is 0 Å². The summed E-state index contributed by atoms with van der Waals surface area (Å²) < 4.78 is 0. The fourth-order valence-corrected chi connectivity index (χ4v) is 11.0. The Morgan fingerprint density at radius 1 is 1.03 bits per heavy atom. The molecule has 0 radical (unpaired) electrons. The summed E-state index contributed by atoms with van der Waals surface area (Å²) in [7, 11) is 0. The first-order valence-corrected chi connectivity index (χ1v) is 14.2. The first kappa shape index (κ1) is 26.6. The molecule has 0 bridgehead atoms. The van der Waals surface area contributed by atoms with Gasteiger partial charge in [0.1, 0.15) is 0 Å². The summed E-state index contributed by atoms with van der Waals surface area (Å²) >= 11 is 0. The van der Waals surface area contributed by atoms with Gasteiger partial charge in [0.25, 0.3) is 0 Å². The molecule has 0 aromatic heterocycles. The van der Waals surface area contributed by atoms with Crippen LogP contribution in [-0.4, -0.2) is 55.9 Å². The van der Waals surface area contributed by atoms with Crippen LogP contribution in [0, 0.1) is 50.7 Å². The zero-order valence-electron chi connectivity index (χ0n) is 23.0. The quantitative estimate of drug-likeness (QED) is 0.361. The van der Waals surface area contributed by atoms with E-state index in [2.05, 4.69) is 26.8 Å². The van der Waals surface area contributed by atoms with Gasteiger partial charge in [-0.25, -0.2) is 0 Å². The van der Waals surface area contributed by atoms with Gasteiger partial charge in [0, 0.05) is 17.3 Å². The average Bonchev–Trinajstić information content (AvgIpc) is 2.79. The number of allylic oxidation sites excluding steroid dienone is 1. The molecule has 6 nitrogen and oxygen atoms in total. The SMILES string of the molecule is CC1CC[C@]2(C(=O)O)CC[C@]3(C)C(=CC[C@H]4[C@@]5(C)CCC(O)[C@@](C)(CO)[C@H]5C(O)C[C@]43C)[C@H]2[C@]1(C)O. The van der Waals surface area contributed by atoms with Gasteiger partial charge in [0.15, 0.2) is 0 Å². The third-order valence-electron chi connectivity index (χ3n) is 13.5. The van der Waals surface area contributed by atoms with Gasteiger partial charge in [-0.3, -0.25) is 4.79 Å². The zero-order valence-corrected chi connectivity index (χ0v) is 23.0. The molecule has 204 valence electrons. The molecule has 0 spiro atoms. The fraction of sp³-hybridized carbons (Fsp3) is 0.900. The van der Waals surface area contributed by atoms with Crippen molar-refractivity contribution in [2.45, 2.75) is 111 Å². The van der Waals surface area contributed by atoms with Crippen LogP contribution in [0.25, 0.3) is 0 Å². The molecule has 0 saturated heterocycles. The van der Waals surface area contributed by atoms with Crippen LogP contribution >= 0.6 is 0 Å². The first-order valence-electron chi connectivity index (χ1n) is 14.2. The van der Waals surface area contributed by atoms with E-state index in [0.29, 0.717) is 32.1 Å². The van der Waals surface area contributed by atoms with E-state index in [1.165, 1.54) is 0 Å². The lowest BCUT2D eigenvalue weighted by Crippen LogP contribution is -2.70. The number of rotatable bonds is 2. The molecule has 12 atom stereocenters. The molecule has 5 aliphatic rings. The Hall–Kier alpha value is -0.950. The van der Waals surface area contributed by atoms with Gasteiger partial charge in [-0.15, -0.1) is 0 Å². The van der Waals surface area contributed by atoms with Gasteiger partial charge in [0.2, 0.25) is 0 Å². The maximum Gasteiger partial charge on any atom is 0.310 e. The predicted molar refractivity (Wildman–Crippen MR) is 137 cm³/mol. The van der Waals surface area contributed by atoms with Gasteiger partial charge in [-0.05, 0) is 86.4 Å². The second kappa shape index (κ2) is 7.80. The minimum absolute atomic E-state index is 0.00712. The van der Waals surface area contributed by atoms with Crippen LogP contribution in [0.4, 0.5) is 0 Å². The third kappa shape index (κ3) is 2.91. The summed E-state index contributed by atoms with van der Waals surface area (Å²) in [6.45, 7) is 12.5. The molecule has 0 amide bonds. The number of aliphatic hydroxyl groups is 4. The molecule has 3 unspecified atom stereocenters. The third-order valence-corrected chi connectivity index (χ3v) is 13.5. The highest BCUT2D eigenvalue weighted by molar-refractivity contribution is 5.77. The highest BCUT2D eigenvalue weighted by atomic mass is 16.4. The minimum atomic E-state index is -1.11. The van der Waals surface area contributed by atoms with E-state index in [1.807, 2.05) is 20.8 Å². The number of carbonyl (C=O) groups is 1. The van der Waals surface area contributed by atoms with Crippen molar-refractivity contribution in [1.29, 1.82) is 0 Å². The number of hydrogen-bond donors (Lipinski definition) is 5. The van der Waals surface area contributed by atoms with Crippen molar-refractivity contribution in [2.75, 3.05) is 6.61 Å². The average molecular weight is 505 g/mol. The number of carboxylic acid groups (broad SMARTS) is 1. The number of fused-ring (bicyclic) bond motifs is 7. The first-order chi connectivity index (χ1) is 16.6. The molecule has 5 aliphatic carbocycles. The minimum Gasteiger partial charge on any atom is -0.481 e.